The Bertz CT molecular complexity index is 683. The minimum absolute atomic E-state index is 0.0933. The van der Waals surface area contributed by atoms with Crippen LogP contribution in [0.2, 0.25) is 5.02 Å². The molecule has 1 aromatic heterocycles. The summed E-state index contributed by atoms with van der Waals surface area (Å²) in [7, 11) is 0. The van der Waals surface area contributed by atoms with Crippen molar-refractivity contribution in [2.75, 3.05) is 0 Å². The van der Waals surface area contributed by atoms with Gasteiger partial charge >= 0.3 is 0 Å². The molecule has 21 heavy (non-hydrogen) atoms. The fourth-order valence-corrected chi connectivity index (χ4v) is 3.61. The van der Waals surface area contributed by atoms with Crippen LogP contribution in [0, 0.1) is 5.41 Å². The first kappa shape index (κ1) is 14.4. The van der Waals surface area contributed by atoms with Crippen LogP contribution >= 0.6 is 23.4 Å². The summed E-state index contributed by atoms with van der Waals surface area (Å²) in [4.78, 5) is 4.72. The number of amidine groups is 1. The number of pyridine rings is 1. The Morgan fingerprint density at radius 3 is 2.76 bits per heavy atom. The molecule has 0 amide bonds. The number of rotatable bonds is 4. The Morgan fingerprint density at radius 2 is 2.05 bits per heavy atom. The van der Waals surface area contributed by atoms with Gasteiger partial charge in [0.1, 0.15) is 10.9 Å². The molecule has 0 radical (unpaired) electrons. The molecule has 3 rings (SSSR count). The number of nitrogen functional groups attached to an aromatic ring is 1. The van der Waals surface area contributed by atoms with Crippen molar-refractivity contribution < 1.29 is 0 Å². The van der Waals surface area contributed by atoms with Crippen molar-refractivity contribution in [3.8, 4) is 0 Å². The first-order valence-electron chi connectivity index (χ1n) is 6.88. The molecule has 0 saturated heterocycles. The van der Waals surface area contributed by atoms with E-state index < -0.39 is 0 Å². The highest BCUT2D eigenvalue weighted by atomic mass is 35.5. The monoisotopic (exact) mass is 317 g/mol. The molecule has 3 N–H and O–H groups in total. The number of hydrogen-bond acceptors (Lipinski definition) is 3. The van der Waals surface area contributed by atoms with Crippen LogP contribution in [-0.2, 0) is 18.6 Å². The minimum atomic E-state index is 0.0933. The van der Waals surface area contributed by atoms with E-state index in [4.69, 9.17) is 27.7 Å². The second kappa shape index (κ2) is 6.08. The number of thioether (sulfide) groups is 1. The largest absolute Gasteiger partial charge is 0.384 e. The van der Waals surface area contributed by atoms with Crippen molar-refractivity contribution in [3.63, 3.8) is 0 Å². The SMILES string of the molecule is N=C(N)c1cc2c(nc1SCc1ccc(Cl)cc1)CCC2. The van der Waals surface area contributed by atoms with Crippen LogP contribution in [0.25, 0.3) is 0 Å². The van der Waals surface area contributed by atoms with E-state index in [2.05, 4.69) is 0 Å². The quantitative estimate of drug-likeness (QED) is 0.512. The third kappa shape index (κ3) is 3.22. The highest BCUT2D eigenvalue weighted by molar-refractivity contribution is 7.98. The molecule has 3 nitrogen and oxygen atoms in total. The summed E-state index contributed by atoms with van der Waals surface area (Å²) in [6.07, 6.45) is 3.22. The first-order valence-corrected chi connectivity index (χ1v) is 8.24. The molecule has 0 unspecified atom stereocenters. The Kier molecular flexibility index (Phi) is 4.17. The van der Waals surface area contributed by atoms with Gasteiger partial charge in [-0.3, -0.25) is 5.41 Å². The molecular formula is C16H16ClN3S. The predicted octanol–water partition coefficient (Wildman–Crippen LogP) is 3.80. The average Bonchev–Trinajstić information content (AvgIpc) is 2.92. The van der Waals surface area contributed by atoms with Gasteiger partial charge < -0.3 is 5.73 Å². The zero-order chi connectivity index (χ0) is 14.8. The topological polar surface area (TPSA) is 62.8 Å². The summed E-state index contributed by atoms with van der Waals surface area (Å²) < 4.78 is 0. The number of halogens is 1. The number of benzene rings is 1. The summed E-state index contributed by atoms with van der Waals surface area (Å²) >= 11 is 7.52. The van der Waals surface area contributed by atoms with Crippen LogP contribution in [0.1, 0.15) is 28.8 Å². The zero-order valence-corrected chi connectivity index (χ0v) is 13.1. The van der Waals surface area contributed by atoms with Crippen LogP contribution < -0.4 is 5.73 Å². The highest BCUT2D eigenvalue weighted by Gasteiger charge is 2.18. The fraction of sp³-hybridized carbons (Fsp3) is 0.250. The first-order chi connectivity index (χ1) is 10.1. The van der Waals surface area contributed by atoms with Crippen molar-refractivity contribution in [3.05, 3.63) is 57.7 Å². The van der Waals surface area contributed by atoms with Crippen LogP contribution in [-0.4, -0.2) is 10.8 Å². The maximum Gasteiger partial charge on any atom is 0.125 e. The van der Waals surface area contributed by atoms with Gasteiger partial charge in [0.05, 0.1) is 0 Å². The minimum Gasteiger partial charge on any atom is -0.384 e. The van der Waals surface area contributed by atoms with Crippen molar-refractivity contribution >= 4 is 29.2 Å². The standard InChI is InChI=1S/C16H16ClN3S/c17-12-6-4-10(5-7-12)9-21-16-13(15(18)19)8-11-2-1-3-14(11)20-16/h4-8H,1-3,9H2,(H3,18,19). The summed E-state index contributed by atoms with van der Waals surface area (Å²) in [5.41, 5.74) is 10.1. The number of fused-ring (bicyclic) bond motifs is 1. The molecule has 0 atom stereocenters. The van der Waals surface area contributed by atoms with E-state index in [0.717, 1.165) is 40.6 Å². The van der Waals surface area contributed by atoms with Gasteiger partial charge in [-0.15, -0.1) is 11.8 Å². The lowest BCUT2D eigenvalue weighted by molar-refractivity contribution is 0.891. The Labute approximate surface area is 133 Å². The van der Waals surface area contributed by atoms with Gasteiger partial charge in [0.15, 0.2) is 0 Å². The number of nitrogens with two attached hydrogens (primary N) is 1. The van der Waals surface area contributed by atoms with Gasteiger partial charge in [0, 0.05) is 22.0 Å². The van der Waals surface area contributed by atoms with Crippen molar-refractivity contribution in [1.29, 1.82) is 5.41 Å². The van der Waals surface area contributed by atoms with Crippen LogP contribution in [0.3, 0.4) is 0 Å². The number of nitrogens with one attached hydrogen (secondary N) is 1. The molecular weight excluding hydrogens is 302 g/mol. The smallest absolute Gasteiger partial charge is 0.125 e. The van der Waals surface area contributed by atoms with Crippen molar-refractivity contribution in [2.24, 2.45) is 5.73 Å². The zero-order valence-electron chi connectivity index (χ0n) is 11.5. The molecule has 0 aliphatic heterocycles. The van der Waals surface area contributed by atoms with Gasteiger partial charge in [0.25, 0.3) is 0 Å². The third-order valence-corrected chi connectivity index (χ3v) is 4.91. The van der Waals surface area contributed by atoms with Crippen LogP contribution in [0.5, 0.6) is 0 Å². The second-order valence-corrected chi connectivity index (χ2v) is 6.53. The van der Waals surface area contributed by atoms with Gasteiger partial charge in [-0.05, 0) is 48.6 Å². The summed E-state index contributed by atoms with van der Waals surface area (Å²) in [5.74, 6) is 0.888. The normalized spacial score (nSPS) is 13.2. The Hall–Kier alpha value is -1.52. The Morgan fingerprint density at radius 1 is 1.29 bits per heavy atom. The van der Waals surface area contributed by atoms with E-state index in [1.165, 1.54) is 16.8 Å². The van der Waals surface area contributed by atoms with E-state index >= 15 is 0 Å². The van der Waals surface area contributed by atoms with Crippen molar-refractivity contribution in [2.45, 2.75) is 30.0 Å². The molecule has 1 aromatic carbocycles. The van der Waals surface area contributed by atoms with E-state index in [9.17, 15) is 0 Å². The lowest BCUT2D eigenvalue weighted by Crippen LogP contribution is -2.14. The van der Waals surface area contributed by atoms with Gasteiger partial charge in [-0.1, -0.05) is 23.7 Å². The molecule has 0 saturated carbocycles. The molecule has 0 fully saturated rings. The van der Waals surface area contributed by atoms with E-state index in [0.29, 0.717) is 0 Å². The molecule has 1 heterocycles. The fourth-order valence-electron chi connectivity index (χ4n) is 2.49. The van der Waals surface area contributed by atoms with E-state index in [1.807, 2.05) is 30.3 Å². The number of aromatic nitrogens is 1. The number of aryl methyl sites for hydroxylation is 2. The summed E-state index contributed by atoms with van der Waals surface area (Å²) in [6, 6.07) is 9.84. The predicted molar refractivity (Wildman–Crippen MR) is 88.3 cm³/mol. The third-order valence-electron chi connectivity index (χ3n) is 3.59. The maximum atomic E-state index is 7.76. The molecule has 0 bridgehead atoms. The lowest BCUT2D eigenvalue weighted by Gasteiger charge is -2.10. The Balaban J connectivity index is 1.84. The second-order valence-electron chi connectivity index (χ2n) is 5.13. The van der Waals surface area contributed by atoms with E-state index in [-0.39, 0.29) is 5.84 Å². The van der Waals surface area contributed by atoms with Crippen LogP contribution in [0.15, 0.2) is 35.4 Å². The van der Waals surface area contributed by atoms with Gasteiger partial charge in [-0.2, -0.15) is 0 Å². The van der Waals surface area contributed by atoms with E-state index in [1.54, 1.807) is 11.8 Å². The van der Waals surface area contributed by atoms with Gasteiger partial charge in [0.2, 0.25) is 0 Å². The molecule has 108 valence electrons. The van der Waals surface area contributed by atoms with Gasteiger partial charge in [-0.25, -0.2) is 4.98 Å². The molecule has 2 aromatic rings. The molecule has 1 aliphatic rings. The average molecular weight is 318 g/mol. The highest BCUT2D eigenvalue weighted by Crippen LogP contribution is 2.30. The lowest BCUT2D eigenvalue weighted by atomic mass is 10.1. The molecule has 5 heteroatoms. The maximum absolute atomic E-state index is 7.76. The number of hydrogen-bond donors (Lipinski definition) is 2. The van der Waals surface area contributed by atoms with Crippen molar-refractivity contribution in [1.82, 2.24) is 4.98 Å². The summed E-state index contributed by atoms with van der Waals surface area (Å²) in [5, 5.41) is 9.36. The van der Waals surface area contributed by atoms with Crippen LogP contribution in [0.4, 0.5) is 0 Å². The molecule has 0 spiro atoms. The molecule has 1 aliphatic carbocycles. The number of nitrogens with zero attached hydrogens (tertiary/aromatic N) is 1. The summed E-state index contributed by atoms with van der Waals surface area (Å²) in [6.45, 7) is 0.